The lowest BCUT2D eigenvalue weighted by atomic mass is 10.3. The second-order valence-electron chi connectivity index (χ2n) is 3.60. The van der Waals surface area contributed by atoms with E-state index in [0.717, 1.165) is 6.26 Å². The first kappa shape index (κ1) is 12.3. The molecule has 18 heavy (non-hydrogen) atoms. The van der Waals surface area contributed by atoms with Crippen molar-refractivity contribution in [3.05, 3.63) is 47.0 Å². The molecule has 6 nitrogen and oxygen atoms in total. The SMILES string of the molecule is CS(=O)(=O)c1cccc(Oc2cc(=O)[nH]cn2)c1. The number of benzene rings is 1. The van der Waals surface area contributed by atoms with Crippen molar-refractivity contribution in [3.63, 3.8) is 0 Å². The van der Waals surface area contributed by atoms with Crippen molar-refractivity contribution in [1.29, 1.82) is 0 Å². The van der Waals surface area contributed by atoms with Gasteiger partial charge >= 0.3 is 0 Å². The van der Waals surface area contributed by atoms with E-state index in [2.05, 4.69) is 9.97 Å². The maximum atomic E-state index is 11.4. The minimum Gasteiger partial charge on any atom is -0.439 e. The molecule has 2 aromatic rings. The number of rotatable bonds is 3. The predicted molar refractivity (Wildman–Crippen MR) is 64.5 cm³/mol. The highest BCUT2D eigenvalue weighted by molar-refractivity contribution is 7.90. The Hall–Kier alpha value is -2.15. The highest BCUT2D eigenvalue weighted by Crippen LogP contribution is 2.21. The minimum absolute atomic E-state index is 0.101. The van der Waals surface area contributed by atoms with Gasteiger partial charge in [-0.3, -0.25) is 4.79 Å². The van der Waals surface area contributed by atoms with E-state index < -0.39 is 9.84 Å². The summed E-state index contributed by atoms with van der Waals surface area (Å²) in [6.07, 6.45) is 2.32. The fourth-order valence-electron chi connectivity index (χ4n) is 1.30. The third kappa shape index (κ3) is 2.95. The lowest BCUT2D eigenvalue weighted by Gasteiger charge is -2.05. The van der Waals surface area contributed by atoms with Crippen molar-refractivity contribution in [2.45, 2.75) is 4.90 Å². The molecule has 0 unspecified atom stereocenters. The molecule has 94 valence electrons. The second-order valence-corrected chi connectivity index (χ2v) is 5.61. The molecule has 1 heterocycles. The highest BCUT2D eigenvalue weighted by Gasteiger charge is 2.08. The molecule has 0 atom stereocenters. The van der Waals surface area contributed by atoms with Crippen LogP contribution in [0.1, 0.15) is 0 Å². The van der Waals surface area contributed by atoms with Gasteiger partial charge in [0.1, 0.15) is 5.75 Å². The Morgan fingerprint density at radius 3 is 2.72 bits per heavy atom. The van der Waals surface area contributed by atoms with Crippen molar-refractivity contribution in [3.8, 4) is 11.6 Å². The minimum atomic E-state index is -3.29. The summed E-state index contributed by atoms with van der Waals surface area (Å²) in [5, 5.41) is 0. The number of aromatic amines is 1. The van der Waals surface area contributed by atoms with Gasteiger partial charge in [0.15, 0.2) is 9.84 Å². The summed E-state index contributed by atoms with van der Waals surface area (Å²) >= 11 is 0. The maximum Gasteiger partial charge on any atom is 0.254 e. The molecule has 0 radical (unpaired) electrons. The van der Waals surface area contributed by atoms with Crippen LogP contribution in [0, 0.1) is 0 Å². The fourth-order valence-corrected chi connectivity index (χ4v) is 1.95. The highest BCUT2D eigenvalue weighted by atomic mass is 32.2. The van der Waals surface area contributed by atoms with Gasteiger partial charge in [-0.05, 0) is 18.2 Å². The zero-order chi connectivity index (χ0) is 13.2. The van der Waals surface area contributed by atoms with Crippen LogP contribution in [0.4, 0.5) is 0 Å². The summed E-state index contributed by atoms with van der Waals surface area (Å²) < 4.78 is 28.0. The molecular weight excluding hydrogens is 256 g/mol. The van der Waals surface area contributed by atoms with Crippen molar-refractivity contribution in [1.82, 2.24) is 9.97 Å². The van der Waals surface area contributed by atoms with Gasteiger partial charge in [-0.15, -0.1) is 0 Å². The molecule has 0 spiro atoms. The Morgan fingerprint density at radius 1 is 1.28 bits per heavy atom. The van der Waals surface area contributed by atoms with E-state index in [1.165, 1.54) is 24.5 Å². The molecule has 0 aliphatic rings. The van der Waals surface area contributed by atoms with Gasteiger partial charge < -0.3 is 9.72 Å². The van der Waals surface area contributed by atoms with Gasteiger partial charge in [-0.1, -0.05) is 6.07 Å². The molecular formula is C11H10N2O4S. The average molecular weight is 266 g/mol. The number of ether oxygens (including phenoxy) is 1. The van der Waals surface area contributed by atoms with Crippen LogP contribution in [0.3, 0.4) is 0 Å². The van der Waals surface area contributed by atoms with E-state index in [4.69, 9.17) is 4.74 Å². The molecule has 1 aromatic heterocycles. The quantitative estimate of drug-likeness (QED) is 0.894. The van der Waals surface area contributed by atoms with Crippen LogP contribution in [0.25, 0.3) is 0 Å². The van der Waals surface area contributed by atoms with E-state index in [0.29, 0.717) is 5.75 Å². The monoisotopic (exact) mass is 266 g/mol. The van der Waals surface area contributed by atoms with Gasteiger partial charge in [-0.2, -0.15) is 0 Å². The van der Waals surface area contributed by atoms with Gasteiger partial charge in [0.25, 0.3) is 5.56 Å². The molecule has 0 saturated heterocycles. The standard InChI is InChI=1S/C11H10N2O4S/c1-18(15,16)9-4-2-3-8(5-9)17-11-6-10(14)12-7-13-11/h2-7H,1H3,(H,12,13,14). The summed E-state index contributed by atoms with van der Waals surface area (Å²) in [4.78, 5) is 17.3. The van der Waals surface area contributed by atoms with Crippen LogP contribution in [-0.4, -0.2) is 24.6 Å². The number of hydrogen-bond donors (Lipinski definition) is 1. The molecule has 1 N–H and O–H groups in total. The number of hydrogen-bond acceptors (Lipinski definition) is 5. The van der Waals surface area contributed by atoms with Crippen LogP contribution in [0.2, 0.25) is 0 Å². The fraction of sp³-hybridized carbons (Fsp3) is 0.0909. The van der Waals surface area contributed by atoms with E-state index in [1.54, 1.807) is 12.1 Å². The van der Waals surface area contributed by atoms with Crippen molar-refractivity contribution >= 4 is 9.84 Å². The second kappa shape index (κ2) is 4.61. The largest absolute Gasteiger partial charge is 0.439 e. The average Bonchev–Trinajstić information content (AvgIpc) is 2.28. The van der Waals surface area contributed by atoms with Crippen molar-refractivity contribution < 1.29 is 13.2 Å². The molecule has 2 rings (SSSR count). The van der Waals surface area contributed by atoms with Gasteiger partial charge in [-0.25, -0.2) is 13.4 Å². The first-order valence-corrected chi connectivity index (χ1v) is 6.87. The van der Waals surface area contributed by atoms with Crippen LogP contribution < -0.4 is 10.3 Å². The zero-order valence-corrected chi connectivity index (χ0v) is 10.3. The summed E-state index contributed by atoms with van der Waals surface area (Å²) in [5.41, 5.74) is -0.348. The zero-order valence-electron chi connectivity index (χ0n) is 9.45. The Bertz CT molecular complexity index is 722. The van der Waals surface area contributed by atoms with E-state index in [-0.39, 0.29) is 16.3 Å². The number of H-pyrrole nitrogens is 1. The van der Waals surface area contributed by atoms with Crippen LogP contribution in [-0.2, 0) is 9.84 Å². The van der Waals surface area contributed by atoms with Gasteiger partial charge in [0.2, 0.25) is 5.88 Å². The maximum absolute atomic E-state index is 11.4. The third-order valence-corrected chi connectivity index (χ3v) is 3.22. The van der Waals surface area contributed by atoms with Crippen LogP contribution >= 0.6 is 0 Å². The molecule has 0 fully saturated rings. The molecule has 0 saturated carbocycles. The Morgan fingerprint density at radius 2 is 2.06 bits per heavy atom. The Balaban J connectivity index is 2.33. The molecule has 0 amide bonds. The smallest absolute Gasteiger partial charge is 0.254 e. The molecule has 0 aliphatic carbocycles. The van der Waals surface area contributed by atoms with Gasteiger partial charge in [0, 0.05) is 6.26 Å². The lowest BCUT2D eigenvalue weighted by Crippen LogP contribution is -2.04. The first-order chi connectivity index (χ1) is 8.45. The van der Waals surface area contributed by atoms with E-state index >= 15 is 0 Å². The number of nitrogens with one attached hydrogen (secondary N) is 1. The third-order valence-electron chi connectivity index (χ3n) is 2.11. The number of aromatic nitrogens is 2. The molecule has 0 bridgehead atoms. The summed E-state index contributed by atoms with van der Waals surface area (Å²) in [6.45, 7) is 0. The Labute approximate surface area is 103 Å². The summed E-state index contributed by atoms with van der Waals surface area (Å²) in [7, 11) is -3.29. The molecule has 0 aliphatic heterocycles. The van der Waals surface area contributed by atoms with Crippen LogP contribution in [0.15, 0.2) is 46.3 Å². The molecule has 7 heteroatoms. The Kier molecular flexibility index (Phi) is 3.15. The lowest BCUT2D eigenvalue weighted by molar-refractivity contribution is 0.459. The number of sulfone groups is 1. The van der Waals surface area contributed by atoms with Gasteiger partial charge in [0.05, 0.1) is 17.3 Å². The summed E-state index contributed by atoms with van der Waals surface area (Å²) in [5.74, 6) is 0.403. The first-order valence-electron chi connectivity index (χ1n) is 4.98. The van der Waals surface area contributed by atoms with Crippen LogP contribution in [0.5, 0.6) is 11.6 Å². The summed E-state index contributed by atoms with van der Waals surface area (Å²) in [6, 6.07) is 7.15. The predicted octanol–water partition coefficient (Wildman–Crippen LogP) is 0.966. The molecule has 1 aromatic carbocycles. The number of nitrogens with zero attached hydrogens (tertiary/aromatic N) is 1. The van der Waals surface area contributed by atoms with E-state index in [9.17, 15) is 13.2 Å². The topological polar surface area (TPSA) is 89.1 Å². The van der Waals surface area contributed by atoms with Crippen molar-refractivity contribution in [2.75, 3.05) is 6.26 Å². The normalized spacial score (nSPS) is 11.2. The van der Waals surface area contributed by atoms with E-state index in [1.807, 2.05) is 0 Å². The van der Waals surface area contributed by atoms with Crippen molar-refractivity contribution in [2.24, 2.45) is 0 Å².